The number of ether oxygens (including phenoxy) is 1. The summed E-state index contributed by atoms with van der Waals surface area (Å²) in [6.07, 6.45) is 3.25. The molecule has 2 unspecified atom stereocenters. The lowest BCUT2D eigenvalue weighted by Gasteiger charge is -2.39. The lowest BCUT2D eigenvalue weighted by molar-refractivity contribution is -0.0820. The minimum Gasteiger partial charge on any atom is -0.373 e. The molecule has 0 spiro atoms. The Morgan fingerprint density at radius 3 is 2.65 bits per heavy atom. The van der Waals surface area contributed by atoms with Gasteiger partial charge in [-0.25, -0.2) is 0 Å². The largest absolute Gasteiger partial charge is 0.373 e. The monoisotopic (exact) mass is 273 g/mol. The van der Waals surface area contributed by atoms with Gasteiger partial charge in [-0.05, 0) is 43.9 Å². The molecule has 1 saturated heterocycles. The van der Waals surface area contributed by atoms with Crippen molar-refractivity contribution < 1.29 is 4.74 Å². The molecule has 0 aliphatic carbocycles. The molecule has 0 bridgehead atoms. The van der Waals surface area contributed by atoms with Gasteiger partial charge < -0.3 is 10.5 Å². The van der Waals surface area contributed by atoms with Gasteiger partial charge in [0.1, 0.15) is 0 Å². The van der Waals surface area contributed by atoms with E-state index in [9.17, 15) is 0 Å². The Hall–Kier alpha value is -0.280. The molecule has 1 heterocycles. The van der Waals surface area contributed by atoms with Gasteiger partial charge in [0, 0.05) is 6.61 Å². The zero-order chi connectivity index (χ0) is 12.5. The maximum Gasteiger partial charge on any atom is 0.0846 e. The van der Waals surface area contributed by atoms with Crippen molar-refractivity contribution in [2.75, 3.05) is 6.61 Å². The maximum absolute atomic E-state index is 6.30. The highest BCUT2D eigenvalue weighted by molar-refractivity contribution is 6.42. The molecule has 0 aromatic heterocycles. The molecule has 1 aliphatic rings. The minimum absolute atomic E-state index is 0.169. The van der Waals surface area contributed by atoms with Gasteiger partial charge in [-0.1, -0.05) is 29.3 Å². The quantitative estimate of drug-likeness (QED) is 0.886. The van der Waals surface area contributed by atoms with E-state index in [1.165, 1.54) is 0 Å². The fourth-order valence-electron chi connectivity index (χ4n) is 2.26. The molecule has 0 radical (unpaired) electrons. The van der Waals surface area contributed by atoms with Crippen molar-refractivity contribution in [3.63, 3.8) is 0 Å². The van der Waals surface area contributed by atoms with Crippen molar-refractivity contribution in [2.24, 2.45) is 5.73 Å². The molecule has 2 N–H and O–H groups in total. The molecule has 2 nitrogen and oxygen atoms in total. The Morgan fingerprint density at radius 1 is 1.29 bits per heavy atom. The highest BCUT2D eigenvalue weighted by Crippen LogP contribution is 2.36. The molecule has 1 aromatic rings. The predicted octanol–water partition coefficient (Wildman–Crippen LogP) is 3.95. The Bertz CT molecular complexity index is 402. The van der Waals surface area contributed by atoms with Crippen molar-refractivity contribution in [2.45, 2.75) is 37.8 Å². The summed E-state index contributed by atoms with van der Waals surface area (Å²) in [6.45, 7) is 2.85. The summed E-state index contributed by atoms with van der Waals surface area (Å²) in [4.78, 5) is 0. The van der Waals surface area contributed by atoms with E-state index in [-0.39, 0.29) is 11.6 Å². The molecule has 4 heteroatoms. The van der Waals surface area contributed by atoms with E-state index < -0.39 is 0 Å². The summed E-state index contributed by atoms with van der Waals surface area (Å²) in [5, 5.41) is 1.09. The second kappa shape index (κ2) is 5.15. The molecular formula is C13H17Cl2NO. The summed E-state index contributed by atoms with van der Waals surface area (Å²) >= 11 is 11.9. The first-order chi connectivity index (χ1) is 8.03. The molecule has 0 saturated carbocycles. The molecule has 0 amide bonds. The number of benzene rings is 1. The SMILES string of the molecule is CC1(C(N)c2ccc(Cl)c(Cl)c2)CCCCO1. The van der Waals surface area contributed by atoms with Crippen LogP contribution in [0.1, 0.15) is 37.8 Å². The molecule has 2 atom stereocenters. The van der Waals surface area contributed by atoms with E-state index in [0.717, 1.165) is 31.4 Å². The lowest BCUT2D eigenvalue weighted by Crippen LogP contribution is -2.43. The summed E-state index contributed by atoms with van der Waals surface area (Å²) in [6, 6.07) is 5.36. The number of nitrogens with two attached hydrogens (primary N) is 1. The molecule has 1 aliphatic heterocycles. The van der Waals surface area contributed by atoms with Crippen molar-refractivity contribution in [1.29, 1.82) is 0 Å². The van der Waals surface area contributed by atoms with Crippen LogP contribution in [-0.2, 0) is 4.74 Å². The number of halogens is 2. The van der Waals surface area contributed by atoms with Crippen LogP contribution < -0.4 is 5.73 Å². The molecular weight excluding hydrogens is 257 g/mol. The fourth-order valence-corrected chi connectivity index (χ4v) is 2.57. The predicted molar refractivity (Wildman–Crippen MR) is 71.6 cm³/mol. The Labute approximate surface area is 112 Å². The third kappa shape index (κ3) is 2.76. The Kier molecular flexibility index (Phi) is 3.99. The van der Waals surface area contributed by atoms with E-state index in [0.29, 0.717) is 10.0 Å². The molecule has 2 rings (SSSR count). The van der Waals surface area contributed by atoms with Gasteiger partial charge in [-0.2, -0.15) is 0 Å². The first-order valence-electron chi connectivity index (χ1n) is 5.87. The third-order valence-corrected chi connectivity index (χ3v) is 4.20. The average molecular weight is 274 g/mol. The van der Waals surface area contributed by atoms with Gasteiger partial charge in [-0.15, -0.1) is 0 Å². The summed E-state index contributed by atoms with van der Waals surface area (Å²) in [7, 11) is 0. The zero-order valence-electron chi connectivity index (χ0n) is 9.88. The first-order valence-corrected chi connectivity index (χ1v) is 6.63. The van der Waals surface area contributed by atoms with Crippen molar-refractivity contribution in [3.05, 3.63) is 33.8 Å². The van der Waals surface area contributed by atoms with Crippen molar-refractivity contribution >= 4 is 23.2 Å². The number of hydrogen-bond donors (Lipinski definition) is 1. The topological polar surface area (TPSA) is 35.2 Å². The summed E-state index contributed by atoms with van der Waals surface area (Å²) in [5.41, 5.74) is 6.98. The van der Waals surface area contributed by atoms with Crippen molar-refractivity contribution in [3.8, 4) is 0 Å². The zero-order valence-corrected chi connectivity index (χ0v) is 11.4. The van der Waals surface area contributed by atoms with Gasteiger partial charge >= 0.3 is 0 Å². The highest BCUT2D eigenvalue weighted by atomic mass is 35.5. The van der Waals surface area contributed by atoms with Crippen LogP contribution in [0.3, 0.4) is 0 Å². The van der Waals surface area contributed by atoms with Crippen molar-refractivity contribution in [1.82, 2.24) is 0 Å². The standard InChI is InChI=1S/C13H17Cl2NO/c1-13(6-2-3-7-17-13)12(16)9-4-5-10(14)11(15)8-9/h4-5,8,12H,2-3,6-7,16H2,1H3. The molecule has 1 aromatic carbocycles. The summed E-state index contributed by atoms with van der Waals surface area (Å²) in [5.74, 6) is 0. The van der Waals surface area contributed by atoms with E-state index in [1.54, 1.807) is 6.07 Å². The van der Waals surface area contributed by atoms with E-state index in [4.69, 9.17) is 33.7 Å². The van der Waals surface area contributed by atoms with Crippen LogP contribution in [0, 0.1) is 0 Å². The second-order valence-corrected chi connectivity index (χ2v) is 5.58. The summed E-state index contributed by atoms with van der Waals surface area (Å²) < 4.78 is 5.85. The smallest absolute Gasteiger partial charge is 0.0846 e. The number of hydrogen-bond acceptors (Lipinski definition) is 2. The van der Waals surface area contributed by atoms with E-state index >= 15 is 0 Å². The van der Waals surface area contributed by atoms with Crippen LogP contribution in [-0.4, -0.2) is 12.2 Å². The van der Waals surface area contributed by atoms with Crippen LogP contribution in [0.5, 0.6) is 0 Å². The van der Waals surface area contributed by atoms with Crippen LogP contribution >= 0.6 is 23.2 Å². The average Bonchev–Trinajstić information content (AvgIpc) is 2.33. The fraction of sp³-hybridized carbons (Fsp3) is 0.538. The van der Waals surface area contributed by atoms with Crippen LogP contribution in [0.15, 0.2) is 18.2 Å². The normalized spacial score (nSPS) is 26.8. The highest BCUT2D eigenvalue weighted by Gasteiger charge is 2.35. The van der Waals surface area contributed by atoms with Gasteiger partial charge in [0.05, 0.1) is 21.7 Å². The third-order valence-electron chi connectivity index (χ3n) is 3.46. The number of rotatable bonds is 2. The Morgan fingerprint density at radius 2 is 2.06 bits per heavy atom. The van der Waals surface area contributed by atoms with Gasteiger partial charge in [-0.3, -0.25) is 0 Å². The molecule has 17 heavy (non-hydrogen) atoms. The Balaban J connectivity index is 2.23. The van der Waals surface area contributed by atoms with E-state index in [2.05, 4.69) is 6.92 Å². The minimum atomic E-state index is -0.296. The molecule has 1 fully saturated rings. The van der Waals surface area contributed by atoms with Gasteiger partial charge in [0.2, 0.25) is 0 Å². The van der Waals surface area contributed by atoms with E-state index in [1.807, 2.05) is 12.1 Å². The van der Waals surface area contributed by atoms with Crippen LogP contribution in [0.4, 0.5) is 0 Å². The van der Waals surface area contributed by atoms with Gasteiger partial charge in [0.15, 0.2) is 0 Å². The van der Waals surface area contributed by atoms with Crippen LogP contribution in [0.25, 0.3) is 0 Å². The van der Waals surface area contributed by atoms with Gasteiger partial charge in [0.25, 0.3) is 0 Å². The maximum atomic E-state index is 6.30. The molecule has 94 valence electrons. The lowest BCUT2D eigenvalue weighted by atomic mass is 9.85. The van der Waals surface area contributed by atoms with Crippen LogP contribution in [0.2, 0.25) is 10.0 Å². The first kappa shape index (κ1) is 13.2. The second-order valence-electron chi connectivity index (χ2n) is 4.77.